The fourth-order valence-corrected chi connectivity index (χ4v) is 4.88. The molecule has 2 aromatic rings. The van der Waals surface area contributed by atoms with E-state index in [2.05, 4.69) is 10.6 Å². The van der Waals surface area contributed by atoms with E-state index in [-0.39, 0.29) is 24.1 Å². The number of piperidine rings is 1. The number of ether oxygens (including phenoxy) is 2. The third-order valence-corrected chi connectivity index (χ3v) is 7.07. The number of unbranched alkanes of at least 4 members (excludes halogenated alkanes) is 3. The Morgan fingerprint density at radius 1 is 1.08 bits per heavy atom. The summed E-state index contributed by atoms with van der Waals surface area (Å²) in [6.07, 6.45) is 4.16. The van der Waals surface area contributed by atoms with Gasteiger partial charge in [0.25, 0.3) is 11.8 Å². The van der Waals surface area contributed by atoms with Crippen LogP contribution in [0.2, 0.25) is 5.02 Å². The van der Waals surface area contributed by atoms with Gasteiger partial charge in [0.1, 0.15) is 17.5 Å². The van der Waals surface area contributed by atoms with Crippen molar-refractivity contribution in [3.63, 3.8) is 0 Å². The normalized spacial score (nSPS) is 17.1. The van der Waals surface area contributed by atoms with Crippen LogP contribution >= 0.6 is 11.6 Å². The van der Waals surface area contributed by atoms with Crippen molar-refractivity contribution in [2.24, 2.45) is 0 Å². The van der Waals surface area contributed by atoms with Crippen molar-refractivity contribution >= 4 is 35.2 Å². The highest BCUT2D eigenvalue weighted by atomic mass is 35.5. The molecule has 1 fully saturated rings. The van der Waals surface area contributed by atoms with Crippen molar-refractivity contribution in [2.75, 3.05) is 13.2 Å². The highest BCUT2D eigenvalue weighted by Gasteiger charge is 2.39. The lowest BCUT2D eigenvalue weighted by Crippen LogP contribution is -2.52. The fourth-order valence-electron chi connectivity index (χ4n) is 4.70. The van der Waals surface area contributed by atoms with Crippen molar-refractivity contribution in [3.8, 4) is 11.5 Å². The second kappa shape index (κ2) is 12.5. The Morgan fingerprint density at radius 3 is 2.64 bits per heavy atom. The van der Waals surface area contributed by atoms with E-state index in [1.54, 1.807) is 50.2 Å². The highest BCUT2D eigenvalue weighted by Crippen LogP contribution is 2.30. The number of halogens is 1. The fraction of sp³-hybridized carbons (Fsp3) is 0.448. The minimum Gasteiger partial charge on any atom is -0.494 e. The molecule has 2 aliphatic heterocycles. The van der Waals surface area contributed by atoms with E-state index in [9.17, 15) is 19.2 Å². The summed E-state index contributed by atoms with van der Waals surface area (Å²) in [5.74, 6) is 0.127. The summed E-state index contributed by atoms with van der Waals surface area (Å²) in [7, 11) is 0. The van der Waals surface area contributed by atoms with E-state index in [1.165, 1.54) is 4.90 Å². The van der Waals surface area contributed by atoms with Crippen LogP contribution in [0.25, 0.3) is 0 Å². The molecule has 0 aromatic heterocycles. The average Bonchev–Trinajstić information content (AvgIpc) is 3.20. The Hall–Kier alpha value is -3.59. The van der Waals surface area contributed by atoms with Gasteiger partial charge in [-0.3, -0.25) is 24.5 Å². The Bertz CT molecular complexity index is 1250. The summed E-state index contributed by atoms with van der Waals surface area (Å²) in [5, 5.41) is 5.80. The van der Waals surface area contributed by atoms with Gasteiger partial charge in [-0.05, 0) is 75.1 Å². The van der Waals surface area contributed by atoms with Crippen LogP contribution in [-0.4, -0.2) is 53.3 Å². The summed E-state index contributed by atoms with van der Waals surface area (Å²) in [4.78, 5) is 50.5. The number of carbonyl (C=O) groups is 4. The zero-order valence-electron chi connectivity index (χ0n) is 22.3. The molecule has 0 spiro atoms. The van der Waals surface area contributed by atoms with Crippen LogP contribution in [0.15, 0.2) is 42.5 Å². The number of benzene rings is 2. The molecule has 0 aliphatic carbocycles. The van der Waals surface area contributed by atoms with Crippen LogP contribution in [0.1, 0.15) is 68.3 Å². The Kier molecular flexibility index (Phi) is 9.12. The quantitative estimate of drug-likeness (QED) is 0.302. The lowest BCUT2D eigenvalue weighted by Gasteiger charge is -2.29. The monoisotopic (exact) mass is 555 g/mol. The van der Waals surface area contributed by atoms with Gasteiger partial charge in [0.05, 0.1) is 6.61 Å². The average molecular weight is 556 g/mol. The lowest BCUT2D eigenvalue weighted by molar-refractivity contribution is -0.137. The van der Waals surface area contributed by atoms with Crippen LogP contribution in [-0.2, 0) is 20.9 Å². The van der Waals surface area contributed by atoms with Gasteiger partial charge >= 0.3 is 0 Å². The van der Waals surface area contributed by atoms with Gasteiger partial charge in [-0.15, -0.1) is 0 Å². The maximum absolute atomic E-state index is 12.8. The summed E-state index contributed by atoms with van der Waals surface area (Å²) in [6, 6.07) is 11.7. The van der Waals surface area contributed by atoms with Gasteiger partial charge in [-0.25, -0.2) is 0 Å². The van der Waals surface area contributed by atoms with E-state index >= 15 is 0 Å². The molecule has 1 atom stereocenters. The molecule has 4 rings (SSSR count). The predicted octanol–water partition coefficient (Wildman–Crippen LogP) is 4.01. The first kappa shape index (κ1) is 28.4. The summed E-state index contributed by atoms with van der Waals surface area (Å²) >= 11 is 5.99. The molecular weight excluding hydrogens is 522 g/mol. The van der Waals surface area contributed by atoms with Crippen molar-refractivity contribution in [1.82, 2.24) is 15.5 Å². The maximum Gasteiger partial charge on any atom is 0.263 e. The molecule has 2 N–H and O–H groups in total. The minimum absolute atomic E-state index is 0.183. The van der Waals surface area contributed by atoms with Crippen LogP contribution in [0.3, 0.4) is 0 Å². The minimum atomic E-state index is -1.02. The Labute approximate surface area is 233 Å². The molecular formula is C29H34ClN3O6. The van der Waals surface area contributed by atoms with E-state index in [4.69, 9.17) is 21.1 Å². The zero-order valence-corrected chi connectivity index (χ0v) is 23.0. The first-order chi connectivity index (χ1) is 18.6. The van der Waals surface area contributed by atoms with Gasteiger partial charge in [0.2, 0.25) is 11.8 Å². The van der Waals surface area contributed by atoms with E-state index in [1.807, 2.05) is 6.07 Å². The first-order valence-corrected chi connectivity index (χ1v) is 13.6. The Balaban J connectivity index is 1.12. The predicted molar refractivity (Wildman–Crippen MR) is 146 cm³/mol. The number of amides is 4. The molecule has 0 bridgehead atoms. The molecule has 4 amide bonds. The van der Waals surface area contributed by atoms with E-state index < -0.39 is 17.6 Å². The maximum atomic E-state index is 12.8. The lowest BCUT2D eigenvalue weighted by atomic mass is 10.0. The standard InChI is InChI=1S/C29H34ClN3O6/c1-29(2,39-22-9-7-8-20(30)17-22)28(37)31-14-5-3-4-6-15-38-21-10-11-23-19(16-21)18-33(27(23)36)24-12-13-25(34)32-26(24)35/h7-11,16-17,24H,3-6,12-15,18H2,1-2H3,(H,31,37)(H,32,34,35). The van der Waals surface area contributed by atoms with Crippen molar-refractivity contribution in [1.29, 1.82) is 0 Å². The van der Waals surface area contributed by atoms with E-state index in [0.717, 1.165) is 31.2 Å². The molecule has 39 heavy (non-hydrogen) atoms. The first-order valence-electron chi connectivity index (χ1n) is 13.3. The number of hydrogen-bond acceptors (Lipinski definition) is 6. The third-order valence-electron chi connectivity index (χ3n) is 6.84. The molecule has 1 unspecified atom stereocenters. The summed E-state index contributed by atoms with van der Waals surface area (Å²) < 4.78 is 11.7. The van der Waals surface area contributed by atoms with Gasteiger partial charge in [0.15, 0.2) is 5.60 Å². The van der Waals surface area contributed by atoms with Crippen LogP contribution in [0.5, 0.6) is 11.5 Å². The van der Waals surface area contributed by atoms with Gasteiger partial charge in [-0.1, -0.05) is 30.5 Å². The van der Waals surface area contributed by atoms with Crippen LogP contribution in [0, 0.1) is 0 Å². The molecule has 10 heteroatoms. The molecule has 9 nitrogen and oxygen atoms in total. The van der Waals surface area contributed by atoms with Crippen molar-refractivity contribution in [3.05, 3.63) is 58.6 Å². The van der Waals surface area contributed by atoms with Crippen LogP contribution in [0.4, 0.5) is 0 Å². The topological polar surface area (TPSA) is 114 Å². The number of fused-ring (bicyclic) bond motifs is 1. The van der Waals surface area contributed by atoms with E-state index in [0.29, 0.717) is 48.2 Å². The molecule has 1 saturated heterocycles. The number of nitrogens with zero attached hydrogens (tertiary/aromatic N) is 1. The Morgan fingerprint density at radius 2 is 1.87 bits per heavy atom. The second-order valence-corrected chi connectivity index (χ2v) is 10.7. The van der Waals surface area contributed by atoms with Gasteiger partial charge in [-0.2, -0.15) is 0 Å². The number of imide groups is 1. The molecule has 208 valence electrons. The smallest absolute Gasteiger partial charge is 0.263 e. The molecule has 2 aromatic carbocycles. The van der Waals surface area contributed by atoms with Crippen LogP contribution < -0.4 is 20.1 Å². The molecule has 2 heterocycles. The number of nitrogens with one attached hydrogen (secondary N) is 2. The number of rotatable bonds is 12. The third kappa shape index (κ3) is 7.29. The van der Waals surface area contributed by atoms with Crippen molar-refractivity contribution in [2.45, 2.75) is 70.6 Å². The molecule has 2 aliphatic rings. The number of hydrogen-bond donors (Lipinski definition) is 2. The number of carbonyl (C=O) groups excluding carboxylic acids is 4. The SMILES string of the molecule is CC(C)(Oc1cccc(Cl)c1)C(=O)NCCCCCCOc1ccc2c(c1)CN(C1CCC(=O)NC1=O)C2=O. The summed E-state index contributed by atoms with van der Waals surface area (Å²) in [5.41, 5.74) is 0.369. The molecule has 0 saturated carbocycles. The summed E-state index contributed by atoms with van der Waals surface area (Å²) in [6.45, 7) is 4.87. The van der Waals surface area contributed by atoms with Crippen molar-refractivity contribution < 1.29 is 28.7 Å². The van der Waals surface area contributed by atoms with Gasteiger partial charge < -0.3 is 19.7 Å². The molecule has 0 radical (unpaired) electrons. The zero-order chi connectivity index (χ0) is 28.0. The second-order valence-electron chi connectivity index (χ2n) is 10.3. The largest absolute Gasteiger partial charge is 0.494 e. The van der Waals surface area contributed by atoms with Gasteiger partial charge in [0, 0.05) is 30.1 Å². The highest BCUT2D eigenvalue weighted by molar-refractivity contribution is 6.30.